The molecule has 0 unspecified atom stereocenters. The number of para-hydroxylation sites is 1. The summed E-state index contributed by atoms with van der Waals surface area (Å²) in [6, 6.07) is 25.6. The van der Waals surface area contributed by atoms with Crippen molar-refractivity contribution in [2.24, 2.45) is 0 Å². The van der Waals surface area contributed by atoms with Crippen molar-refractivity contribution in [2.75, 3.05) is 0 Å². The molecule has 0 aliphatic rings. The van der Waals surface area contributed by atoms with Gasteiger partial charge in [-0.1, -0.05) is 48.5 Å². The first kappa shape index (κ1) is 14.2. The Morgan fingerprint density at radius 2 is 1.43 bits per heavy atom. The second kappa shape index (κ2) is 4.90. The third-order valence-electron chi connectivity index (χ3n) is 5.82. The summed E-state index contributed by atoms with van der Waals surface area (Å²) in [4.78, 5) is 4.69. The van der Waals surface area contributed by atoms with E-state index in [2.05, 4.69) is 70.0 Å². The van der Waals surface area contributed by atoms with Gasteiger partial charge in [-0.15, -0.1) is 0 Å². The van der Waals surface area contributed by atoms with E-state index >= 15 is 0 Å². The van der Waals surface area contributed by atoms with Gasteiger partial charge < -0.3 is 4.42 Å². The molecule has 4 aromatic carbocycles. The maximum Gasteiger partial charge on any atom is 0.160 e. The van der Waals surface area contributed by atoms with Gasteiger partial charge in [0, 0.05) is 33.9 Å². The Morgan fingerprint density at radius 3 is 2.32 bits per heavy atom. The van der Waals surface area contributed by atoms with E-state index in [1.54, 1.807) is 0 Å². The SMILES string of the molecule is c1ccc2cc3c(cc2c1)c1ccc2c4ccccc4oc2c1n1ccnc31. The molecule has 0 radical (unpaired) electrons. The molecule has 0 spiro atoms. The Balaban J connectivity index is 1.82. The van der Waals surface area contributed by atoms with E-state index in [1.807, 2.05) is 24.5 Å². The van der Waals surface area contributed by atoms with Crippen LogP contribution >= 0.6 is 0 Å². The molecule has 0 fully saturated rings. The summed E-state index contributed by atoms with van der Waals surface area (Å²) >= 11 is 0. The van der Waals surface area contributed by atoms with Gasteiger partial charge in [-0.2, -0.15) is 0 Å². The molecule has 130 valence electrons. The van der Waals surface area contributed by atoms with Crippen LogP contribution < -0.4 is 0 Å². The maximum absolute atomic E-state index is 6.33. The Morgan fingerprint density at radius 1 is 0.679 bits per heavy atom. The lowest BCUT2D eigenvalue weighted by atomic mass is 10.00. The quantitative estimate of drug-likeness (QED) is 0.223. The number of hydrogen-bond acceptors (Lipinski definition) is 2. The molecule has 7 rings (SSSR count). The van der Waals surface area contributed by atoms with Crippen molar-refractivity contribution in [1.82, 2.24) is 9.38 Å². The molecule has 0 N–H and O–H groups in total. The number of fused-ring (bicyclic) bond motifs is 11. The summed E-state index contributed by atoms with van der Waals surface area (Å²) in [5.41, 5.74) is 3.86. The zero-order chi connectivity index (χ0) is 18.2. The number of benzene rings is 4. The normalized spacial score (nSPS) is 12.3. The molecule has 0 saturated heterocycles. The first-order valence-electron chi connectivity index (χ1n) is 9.40. The molecule has 0 aliphatic carbocycles. The number of pyridine rings is 1. The Labute approximate surface area is 159 Å². The molecule has 0 atom stereocenters. The number of hydrogen-bond donors (Lipinski definition) is 0. The zero-order valence-corrected chi connectivity index (χ0v) is 14.9. The molecule has 0 saturated carbocycles. The highest BCUT2D eigenvalue weighted by Crippen LogP contribution is 2.38. The highest BCUT2D eigenvalue weighted by molar-refractivity contribution is 6.23. The van der Waals surface area contributed by atoms with Crippen LogP contribution in [0.5, 0.6) is 0 Å². The minimum atomic E-state index is 0.914. The van der Waals surface area contributed by atoms with E-state index in [4.69, 9.17) is 4.42 Å². The van der Waals surface area contributed by atoms with Gasteiger partial charge in [0.1, 0.15) is 11.2 Å². The summed E-state index contributed by atoms with van der Waals surface area (Å²) in [5, 5.41) is 8.28. The average molecular weight is 358 g/mol. The van der Waals surface area contributed by atoms with Crippen molar-refractivity contribution in [3.63, 3.8) is 0 Å². The first-order chi connectivity index (χ1) is 13.9. The molecule has 0 aliphatic heterocycles. The summed E-state index contributed by atoms with van der Waals surface area (Å²) in [5.74, 6) is 0. The number of furan rings is 1. The van der Waals surface area contributed by atoms with Gasteiger partial charge in [0.25, 0.3) is 0 Å². The second-order valence-electron chi connectivity index (χ2n) is 7.30. The maximum atomic E-state index is 6.33. The number of rotatable bonds is 0. The van der Waals surface area contributed by atoms with Crippen LogP contribution in [-0.4, -0.2) is 9.38 Å². The van der Waals surface area contributed by atoms with Gasteiger partial charge in [0.2, 0.25) is 0 Å². The molecule has 0 amide bonds. The Hall–Kier alpha value is -3.85. The summed E-state index contributed by atoms with van der Waals surface area (Å²) in [6.45, 7) is 0. The van der Waals surface area contributed by atoms with Crippen LogP contribution in [0.15, 0.2) is 89.6 Å². The van der Waals surface area contributed by atoms with Gasteiger partial charge in [-0.3, -0.25) is 4.40 Å². The predicted octanol–water partition coefficient (Wildman–Crippen LogP) is 6.69. The predicted molar refractivity (Wildman–Crippen MR) is 115 cm³/mol. The summed E-state index contributed by atoms with van der Waals surface area (Å²) in [7, 11) is 0. The lowest BCUT2D eigenvalue weighted by Gasteiger charge is -2.10. The van der Waals surface area contributed by atoms with E-state index in [1.165, 1.54) is 21.5 Å². The molecular formula is C25H14N2O. The number of aromatic nitrogens is 2. The van der Waals surface area contributed by atoms with Crippen LogP contribution in [0, 0.1) is 0 Å². The lowest BCUT2D eigenvalue weighted by molar-refractivity contribution is 0.671. The minimum Gasteiger partial charge on any atom is -0.454 e. The van der Waals surface area contributed by atoms with Crippen LogP contribution in [0.1, 0.15) is 0 Å². The molecule has 3 heterocycles. The van der Waals surface area contributed by atoms with Gasteiger partial charge in [-0.25, -0.2) is 4.98 Å². The second-order valence-corrected chi connectivity index (χ2v) is 7.30. The molecule has 28 heavy (non-hydrogen) atoms. The van der Waals surface area contributed by atoms with E-state index in [0.717, 1.165) is 38.5 Å². The standard InChI is InChI=1S/C25H14N2O/c1-2-6-16-14-21-20(13-15(16)5-1)18-9-10-19-17-7-3-4-8-22(17)28-24(19)23(18)27-12-11-26-25(21)27/h1-14H. The van der Waals surface area contributed by atoms with E-state index in [-0.39, 0.29) is 0 Å². The monoisotopic (exact) mass is 358 g/mol. The van der Waals surface area contributed by atoms with Gasteiger partial charge in [0.05, 0.1) is 5.52 Å². The minimum absolute atomic E-state index is 0.914. The van der Waals surface area contributed by atoms with Crippen LogP contribution in [0.2, 0.25) is 0 Å². The smallest absolute Gasteiger partial charge is 0.160 e. The fourth-order valence-corrected chi connectivity index (χ4v) is 4.56. The molecule has 7 aromatic rings. The highest BCUT2D eigenvalue weighted by atomic mass is 16.3. The first-order valence-corrected chi connectivity index (χ1v) is 9.40. The van der Waals surface area contributed by atoms with E-state index in [0.29, 0.717) is 0 Å². The fraction of sp³-hybridized carbons (Fsp3) is 0. The Kier molecular flexibility index (Phi) is 2.49. The lowest BCUT2D eigenvalue weighted by Crippen LogP contribution is -1.91. The van der Waals surface area contributed by atoms with Crippen LogP contribution in [0.4, 0.5) is 0 Å². The summed E-state index contributed by atoms with van der Waals surface area (Å²) < 4.78 is 8.49. The number of imidazole rings is 1. The zero-order valence-electron chi connectivity index (χ0n) is 14.9. The van der Waals surface area contributed by atoms with Gasteiger partial charge in [-0.05, 0) is 40.4 Å². The van der Waals surface area contributed by atoms with Crippen LogP contribution in [-0.2, 0) is 0 Å². The van der Waals surface area contributed by atoms with Crippen LogP contribution in [0.25, 0.3) is 60.0 Å². The third kappa shape index (κ3) is 1.66. The average Bonchev–Trinajstić information content (AvgIpc) is 3.37. The van der Waals surface area contributed by atoms with Crippen molar-refractivity contribution in [1.29, 1.82) is 0 Å². The molecule has 0 bridgehead atoms. The van der Waals surface area contributed by atoms with Crippen molar-refractivity contribution in [3.8, 4) is 0 Å². The van der Waals surface area contributed by atoms with Gasteiger partial charge >= 0.3 is 0 Å². The number of nitrogens with zero attached hydrogens (tertiary/aromatic N) is 2. The van der Waals surface area contributed by atoms with Crippen molar-refractivity contribution in [3.05, 3.63) is 85.2 Å². The summed E-state index contributed by atoms with van der Waals surface area (Å²) in [6.07, 6.45) is 3.89. The van der Waals surface area contributed by atoms with E-state index in [9.17, 15) is 0 Å². The molecule has 3 nitrogen and oxygen atoms in total. The van der Waals surface area contributed by atoms with Crippen molar-refractivity contribution in [2.45, 2.75) is 0 Å². The van der Waals surface area contributed by atoms with Crippen molar-refractivity contribution >= 4 is 60.0 Å². The van der Waals surface area contributed by atoms with Crippen LogP contribution in [0.3, 0.4) is 0 Å². The fourth-order valence-electron chi connectivity index (χ4n) is 4.56. The van der Waals surface area contributed by atoms with Gasteiger partial charge in [0.15, 0.2) is 5.58 Å². The Bertz CT molecular complexity index is 1720. The topological polar surface area (TPSA) is 30.4 Å². The molecule has 3 aromatic heterocycles. The van der Waals surface area contributed by atoms with Crippen molar-refractivity contribution < 1.29 is 4.42 Å². The largest absolute Gasteiger partial charge is 0.454 e. The molecule has 3 heteroatoms. The highest BCUT2D eigenvalue weighted by Gasteiger charge is 2.16. The third-order valence-corrected chi connectivity index (χ3v) is 5.82. The molecular weight excluding hydrogens is 344 g/mol. The van der Waals surface area contributed by atoms with E-state index < -0.39 is 0 Å².